The van der Waals surface area contributed by atoms with Crippen LogP contribution in [0.15, 0.2) is 72.8 Å². The Labute approximate surface area is 216 Å². The van der Waals surface area contributed by atoms with Crippen LogP contribution in [-0.4, -0.2) is 20.2 Å². The van der Waals surface area contributed by atoms with E-state index in [-0.39, 0.29) is 65.8 Å². The van der Waals surface area contributed by atoms with Gasteiger partial charge >= 0.3 is 17.1 Å². The topological polar surface area (TPSA) is 66.2 Å². The van der Waals surface area contributed by atoms with Crippen molar-refractivity contribution in [1.82, 2.24) is 9.97 Å². The van der Waals surface area contributed by atoms with E-state index in [2.05, 4.69) is 0 Å². The molecule has 4 rings (SSSR count). The number of pyridine rings is 2. The largest absolute Gasteiger partial charge is 3.00 e. The number of aromatic nitrogens is 2. The van der Waals surface area contributed by atoms with Crippen molar-refractivity contribution in [2.75, 3.05) is 0 Å². The summed E-state index contributed by atoms with van der Waals surface area (Å²) in [7, 11) is 0. The average Bonchev–Trinajstić information content (AvgIpc) is 2.72. The fraction of sp³-hybridized carbons (Fsp3) is 0.0833. The summed E-state index contributed by atoms with van der Waals surface area (Å²) in [5.74, 6) is 0.470. The van der Waals surface area contributed by atoms with Crippen LogP contribution < -0.4 is 37.2 Å². The number of hydrogen-bond donors (Lipinski definition) is 2. The van der Waals surface area contributed by atoms with Gasteiger partial charge in [-0.25, -0.2) is 9.97 Å². The molecule has 2 aromatic heterocycles. The summed E-state index contributed by atoms with van der Waals surface area (Å²) in [4.78, 5) is 9.41. The number of aryl methyl sites for hydroxylation is 2. The van der Waals surface area contributed by atoms with Crippen LogP contribution in [-0.2, 0) is 17.1 Å². The van der Waals surface area contributed by atoms with Crippen molar-refractivity contribution in [1.29, 1.82) is 0 Å². The minimum absolute atomic E-state index is 0. The molecular formula is C24H20Cl3MnN2O2. The third-order valence-electron chi connectivity index (χ3n) is 4.79. The van der Waals surface area contributed by atoms with Gasteiger partial charge in [0, 0.05) is 11.1 Å². The number of phenols is 2. The Morgan fingerprint density at radius 1 is 0.500 bits per heavy atom. The van der Waals surface area contributed by atoms with Gasteiger partial charge in [0.2, 0.25) is 0 Å². The number of benzene rings is 2. The first-order chi connectivity index (χ1) is 13.5. The predicted octanol–water partition coefficient (Wildman–Crippen LogP) is -3.48. The van der Waals surface area contributed by atoms with E-state index in [9.17, 15) is 10.2 Å². The van der Waals surface area contributed by atoms with Crippen molar-refractivity contribution in [3.05, 3.63) is 83.9 Å². The number of para-hydroxylation sites is 2. The Balaban J connectivity index is 0.00000240. The van der Waals surface area contributed by atoms with Crippen molar-refractivity contribution >= 4 is 0 Å². The molecule has 8 heteroatoms. The monoisotopic (exact) mass is 528 g/mol. The van der Waals surface area contributed by atoms with Crippen molar-refractivity contribution in [3.63, 3.8) is 0 Å². The number of halogens is 3. The molecule has 0 spiro atoms. The summed E-state index contributed by atoms with van der Waals surface area (Å²) >= 11 is 0. The first-order valence-corrected chi connectivity index (χ1v) is 9.07. The molecular weight excluding hydrogens is 510 g/mol. The maximum Gasteiger partial charge on any atom is 3.00 e. The van der Waals surface area contributed by atoms with Gasteiger partial charge in [0.15, 0.2) is 0 Å². The number of aromatic hydroxyl groups is 2. The standard InChI is InChI=1S/C24H20N2O2.3ClH.Mn/c1-15-7-3-9-17(23(15)27)19-11-5-13-21(25-19)22-14-6-12-20(26-22)18-10-4-8-16(2)24(18)28;;;;/h3-14,27-28H,1-2H3;3*1H;/q;;;;+3/p-3. The molecule has 0 bridgehead atoms. The molecule has 0 saturated carbocycles. The summed E-state index contributed by atoms with van der Waals surface area (Å²) in [5.41, 5.74) is 5.76. The second kappa shape index (κ2) is 12.7. The van der Waals surface area contributed by atoms with Crippen molar-refractivity contribution < 1.29 is 64.5 Å². The maximum absolute atomic E-state index is 10.4. The van der Waals surface area contributed by atoms with Crippen LogP contribution in [0.25, 0.3) is 33.9 Å². The molecule has 32 heavy (non-hydrogen) atoms. The molecule has 0 unspecified atom stereocenters. The normalized spacial score (nSPS) is 9.44. The smallest absolute Gasteiger partial charge is 1.00 e. The van der Waals surface area contributed by atoms with E-state index in [1.165, 1.54) is 0 Å². The van der Waals surface area contributed by atoms with E-state index in [0.29, 0.717) is 33.9 Å². The number of rotatable bonds is 3. The van der Waals surface area contributed by atoms with Gasteiger partial charge in [-0.1, -0.05) is 36.4 Å². The summed E-state index contributed by atoms with van der Waals surface area (Å²) in [6, 6.07) is 22.5. The maximum atomic E-state index is 10.4. The van der Waals surface area contributed by atoms with Gasteiger partial charge in [-0.15, -0.1) is 0 Å². The summed E-state index contributed by atoms with van der Waals surface area (Å²) < 4.78 is 0. The molecule has 0 fully saturated rings. The number of hydrogen-bond acceptors (Lipinski definition) is 4. The van der Waals surface area contributed by atoms with Crippen molar-refractivity contribution in [2.45, 2.75) is 13.8 Å². The fourth-order valence-electron chi connectivity index (χ4n) is 3.19. The van der Waals surface area contributed by atoms with Crippen molar-refractivity contribution in [2.24, 2.45) is 0 Å². The Hall–Kier alpha value is -2.27. The predicted molar refractivity (Wildman–Crippen MR) is 111 cm³/mol. The first-order valence-electron chi connectivity index (χ1n) is 9.07. The van der Waals surface area contributed by atoms with Crippen LogP contribution >= 0.6 is 0 Å². The molecule has 0 radical (unpaired) electrons. The third-order valence-corrected chi connectivity index (χ3v) is 4.79. The van der Waals surface area contributed by atoms with Gasteiger partial charge in [0.05, 0.1) is 22.8 Å². The SMILES string of the molecule is Cc1cccc(-c2cccc(-c3cccc(-c4cccc(C)c4O)n3)n2)c1O.[Cl-].[Cl-].[Cl-].[Mn+3]. The second-order valence-corrected chi connectivity index (χ2v) is 6.76. The van der Waals surface area contributed by atoms with Gasteiger partial charge in [0.1, 0.15) is 11.5 Å². The van der Waals surface area contributed by atoms with Crippen LogP contribution in [0.1, 0.15) is 11.1 Å². The molecule has 2 heterocycles. The van der Waals surface area contributed by atoms with E-state index < -0.39 is 0 Å². The Bertz CT molecular complexity index is 1100. The van der Waals surface area contributed by atoms with Crippen LogP contribution in [0.5, 0.6) is 11.5 Å². The zero-order valence-electron chi connectivity index (χ0n) is 17.2. The molecule has 166 valence electrons. The molecule has 2 N–H and O–H groups in total. The van der Waals surface area contributed by atoms with E-state index in [4.69, 9.17) is 9.97 Å². The number of nitrogens with zero attached hydrogens (tertiary/aromatic N) is 2. The zero-order valence-corrected chi connectivity index (χ0v) is 20.7. The average molecular weight is 530 g/mol. The molecule has 2 aromatic carbocycles. The summed E-state index contributed by atoms with van der Waals surface area (Å²) in [6.07, 6.45) is 0. The van der Waals surface area contributed by atoms with E-state index >= 15 is 0 Å². The van der Waals surface area contributed by atoms with E-state index in [1.807, 2.05) is 86.6 Å². The van der Waals surface area contributed by atoms with Crippen LogP contribution in [0.4, 0.5) is 0 Å². The molecule has 4 aromatic rings. The first kappa shape index (κ1) is 29.7. The van der Waals surface area contributed by atoms with Crippen molar-refractivity contribution in [3.8, 4) is 45.4 Å². The minimum Gasteiger partial charge on any atom is -1.00 e. The summed E-state index contributed by atoms with van der Waals surface area (Å²) in [5, 5.41) is 20.8. The molecule has 0 aliphatic rings. The Kier molecular flexibility index (Phi) is 11.8. The number of phenolic OH excluding ortho intramolecular Hbond substituents is 2. The Morgan fingerprint density at radius 2 is 0.812 bits per heavy atom. The van der Waals surface area contributed by atoms with Gasteiger partial charge in [-0.05, 0) is 61.4 Å². The summed E-state index contributed by atoms with van der Waals surface area (Å²) in [6.45, 7) is 3.73. The van der Waals surface area contributed by atoms with Gasteiger partial charge in [-0.2, -0.15) is 0 Å². The minimum atomic E-state index is 0. The molecule has 0 amide bonds. The molecule has 0 aliphatic heterocycles. The van der Waals surface area contributed by atoms with Crippen LogP contribution in [0.3, 0.4) is 0 Å². The second-order valence-electron chi connectivity index (χ2n) is 6.76. The molecule has 4 nitrogen and oxygen atoms in total. The van der Waals surface area contributed by atoms with E-state index in [1.54, 1.807) is 0 Å². The van der Waals surface area contributed by atoms with Crippen LogP contribution in [0, 0.1) is 13.8 Å². The van der Waals surface area contributed by atoms with Gasteiger partial charge in [0.25, 0.3) is 0 Å². The van der Waals surface area contributed by atoms with Crippen LogP contribution in [0.2, 0.25) is 0 Å². The zero-order chi connectivity index (χ0) is 19.7. The van der Waals surface area contributed by atoms with Gasteiger partial charge < -0.3 is 47.4 Å². The molecule has 0 aliphatic carbocycles. The fourth-order valence-corrected chi connectivity index (χ4v) is 3.19. The molecule has 0 atom stereocenters. The Morgan fingerprint density at radius 3 is 1.19 bits per heavy atom. The third kappa shape index (κ3) is 5.94. The molecule has 0 saturated heterocycles. The van der Waals surface area contributed by atoms with Gasteiger partial charge in [-0.3, -0.25) is 0 Å². The van der Waals surface area contributed by atoms with E-state index in [0.717, 1.165) is 11.1 Å². The quantitative estimate of drug-likeness (QED) is 0.271.